The normalized spacial score (nSPS) is 20.9. The van der Waals surface area contributed by atoms with E-state index in [1.54, 1.807) is 6.07 Å². The molecule has 120 valence electrons. The van der Waals surface area contributed by atoms with Gasteiger partial charge in [-0.15, -0.1) is 0 Å². The largest absolute Gasteiger partial charge is 0.381 e. The van der Waals surface area contributed by atoms with E-state index in [-0.39, 0.29) is 17.3 Å². The molecule has 1 aromatic carbocycles. The summed E-state index contributed by atoms with van der Waals surface area (Å²) in [5.41, 5.74) is 1.03. The third-order valence-corrected chi connectivity index (χ3v) is 4.83. The molecule has 0 bridgehead atoms. The van der Waals surface area contributed by atoms with Gasteiger partial charge in [0.2, 0.25) is 0 Å². The average Bonchev–Trinajstić information content (AvgIpc) is 2.53. The van der Waals surface area contributed by atoms with Crippen LogP contribution in [0.25, 0.3) is 0 Å². The molecule has 5 heteroatoms. The van der Waals surface area contributed by atoms with E-state index in [2.05, 4.69) is 5.32 Å². The SMILES string of the molecule is O=C(NCc1cccc(F)c1)N1CCCC2(CCOCC2)C1. The van der Waals surface area contributed by atoms with Crippen LogP contribution in [0.3, 0.4) is 0 Å². The summed E-state index contributed by atoms with van der Waals surface area (Å²) >= 11 is 0. The zero-order chi connectivity index (χ0) is 15.4. The molecule has 0 aromatic heterocycles. The number of ether oxygens (including phenoxy) is 1. The molecule has 1 N–H and O–H groups in total. The van der Waals surface area contributed by atoms with Crippen molar-refractivity contribution in [2.75, 3.05) is 26.3 Å². The molecule has 0 saturated carbocycles. The molecule has 3 rings (SSSR count). The summed E-state index contributed by atoms with van der Waals surface area (Å²) in [6, 6.07) is 6.30. The van der Waals surface area contributed by atoms with Crippen LogP contribution in [-0.2, 0) is 11.3 Å². The molecule has 0 aliphatic carbocycles. The highest BCUT2D eigenvalue weighted by Gasteiger charge is 2.38. The number of nitrogens with one attached hydrogen (secondary N) is 1. The van der Waals surface area contributed by atoms with Crippen LogP contribution in [-0.4, -0.2) is 37.2 Å². The number of hydrogen-bond acceptors (Lipinski definition) is 2. The van der Waals surface area contributed by atoms with Crippen LogP contribution in [0, 0.1) is 11.2 Å². The van der Waals surface area contributed by atoms with E-state index in [1.807, 2.05) is 11.0 Å². The quantitative estimate of drug-likeness (QED) is 0.913. The molecular formula is C17H23FN2O2. The zero-order valence-electron chi connectivity index (χ0n) is 12.8. The fourth-order valence-corrected chi connectivity index (χ4v) is 3.53. The smallest absolute Gasteiger partial charge is 0.317 e. The van der Waals surface area contributed by atoms with E-state index in [0.29, 0.717) is 6.54 Å². The lowest BCUT2D eigenvalue weighted by molar-refractivity contribution is -0.0186. The Kier molecular flexibility index (Phi) is 4.62. The predicted molar refractivity (Wildman–Crippen MR) is 81.9 cm³/mol. The fourth-order valence-electron chi connectivity index (χ4n) is 3.53. The van der Waals surface area contributed by atoms with Crippen LogP contribution < -0.4 is 5.32 Å². The van der Waals surface area contributed by atoms with Crippen LogP contribution in [0.2, 0.25) is 0 Å². The van der Waals surface area contributed by atoms with Crippen LogP contribution in [0.15, 0.2) is 24.3 Å². The highest BCUT2D eigenvalue weighted by molar-refractivity contribution is 5.74. The monoisotopic (exact) mass is 306 g/mol. The first-order valence-electron chi connectivity index (χ1n) is 8.02. The van der Waals surface area contributed by atoms with E-state index in [4.69, 9.17) is 4.74 Å². The number of benzene rings is 1. The van der Waals surface area contributed by atoms with E-state index in [1.165, 1.54) is 18.6 Å². The Balaban J connectivity index is 1.55. The number of hydrogen-bond donors (Lipinski definition) is 1. The number of nitrogens with zero attached hydrogens (tertiary/aromatic N) is 1. The van der Waals surface area contributed by atoms with Gasteiger partial charge in [-0.3, -0.25) is 0 Å². The molecule has 2 amide bonds. The van der Waals surface area contributed by atoms with Crippen molar-refractivity contribution in [3.8, 4) is 0 Å². The number of carbonyl (C=O) groups excluding carboxylic acids is 1. The van der Waals surface area contributed by atoms with Gasteiger partial charge >= 0.3 is 6.03 Å². The summed E-state index contributed by atoms with van der Waals surface area (Å²) in [6.45, 7) is 3.59. The Morgan fingerprint density at radius 1 is 1.32 bits per heavy atom. The van der Waals surface area contributed by atoms with Gasteiger partial charge in [0.25, 0.3) is 0 Å². The van der Waals surface area contributed by atoms with Gasteiger partial charge in [-0.05, 0) is 48.8 Å². The molecule has 2 fully saturated rings. The fraction of sp³-hybridized carbons (Fsp3) is 0.588. The molecule has 1 aromatic rings. The molecule has 0 atom stereocenters. The van der Waals surface area contributed by atoms with Crippen LogP contribution in [0.1, 0.15) is 31.2 Å². The van der Waals surface area contributed by atoms with Crippen molar-refractivity contribution in [2.24, 2.45) is 5.41 Å². The second kappa shape index (κ2) is 6.65. The summed E-state index contributed by atoms with van der Waals surface area (Å²) in [6.07, 6.45) is 4.32. The minimum Gasteiger partial charge on any atom is -0.381 e. The van der Waals surface area contributed by atoms with Gasteiger partial charge in [-0.1, -0.05) is 12.1 Å². The lowest BCUT2D eigenvalue weighted by Crippen LogP contribution is -2.51. The van der Waals surface area contributed by atoms with Gasteiger partial charge in [0.1, 0.15) is 5.82 Å². The number of piperidine rings is 1. The summed E-state index contributed by atoms with van der Waals surface area (Å²) < 4.78 is 18.6. The van der Waals surface area contributed by atoms with Crippen molar-refractivity contribution < 1.29 is 13.9 Å². The van der Waals surface area contributed by atoms with Crippen LogP contribution in [0.5, 0.6) is 0 Å². The Hall–Kier alpha value is -1.62. The number of urea groups is 1. The van der Waals surface area contributed by atoms with Gasteiger partial charge in [-0.2, -0.15) is 0 Å². The van der Waals surface area contributed by atoms with Crippen molar-refractivity contribution in [1.82, 2.24) is 10.2 Å². The molecular weight excluding hydrogens is 283 g/mol. The van der Waals surface area contributed by atoms with E-state index >= 15 is 0 Å². The molecule has 22 heavy (non-hydrogen) atoms. The maximum Gasteiger partial charge on any atom is 0.317 e. The Labute approximate surface area is 130 Å². The lowest BCUT2D eigenvalue weighted by atomic mass is 9.74. The average molecular weight is 306 g/mol. The van der Waals surface area contributed by atoms with Crippen molar-refractivity contribution in [2.45, 2.75) is 32.2 Å². The standard InChI is InChI=1S/C17H23FN2O2/c18-15-4-1-3-14(11-15)12-19-16(21)20-8-2-5-17(13-20)6-9-22-10-7-17/h1,3-4,11H,2,5-10,12-13H2,(H,19,21). The maximum absolute atomic E-state index is 13.1. The lowest BCUT2D eigenvalue weighted by Gasteiger charge is -2.45. The Morgan fingerprint density at radius 3 is 2.91 bits per heavy atom. The summed E-state index contributed by atoms with van der Waals surface area (Å²) in [7, 11) is 0. The molecule has 4 nitrogen and oxygen atoms in total. The van der Waals surface area contributed by atoms with E-state index in [0.717, 1.165) is 51.1 Å². The molecule has 2 heterocycles. The first-order valence-corrected chi connectivity index (χ1v) is 8.02. The summed E-state index contributed by atoms with van der Waals surface area (Å²) in [5.74, 6) is -0.272. The van der Waals surface area contributed by atoms with Crippen molar-refractivity contribution in [3.05, 3.63) is 35.6 Å². The molecule has 0 unspecified atom stereocenters. The molecule has 0 radical (unpaired) electrons. The topological polar surface area (TPSA) is 41.6 Å². The van der Waals surface area contributed by atoms with Crippen molar-refractivity contribution in [3.63, 3.8) is 0 Å². The zero-order valence-corrected chi connectivity index (χ0v) is 12.8. The summed E-state index contributed by atoms with van der Waals surface area (Å²) in [5, 5.41) is 2.91. The van der Waals surface area contributed by atoms with Gasteiger partial charge in [-0.25, -0.2) is 9.18 Å². The predicted octanol–water partition coefficient (Wildman–Crippen LogP) is 2.93. The number of halogens is 1. The highest BCUT2D eigenvalue weighted by atomic mass is 19.1. The first-order chi connectivity index (χ1) is 10.7. The summed E-state index contributed by atoms with van der Waals surface area (Å²) in [4.78, 5) is 14.3. The minimum atomic E-state index is -0.272. The van der Waals surface area contributed by atoms with Gasteiger partial charge < -0.3 is 15.0 Å². The van der Waals surface area contributed by atoms with Crippen LogP contribution in [0.4, 0.5) is 9.18 Å². The van der Waals surface area contributed by atoms with Crippen molar-refractivity contribution in [1.29, 1.82) is 0 Å². The van der Waals surface area contributed by atoms with Crippen molar-refractivity contribution >= 4 is 6.03 Å². The minimum absolute atomic E-state index is 0.0465. The number of rotatable bonds is 2. The number of amides is 2. The Bertz CT molecular complexity index is 524. The second-order valence-electron chi connectivity index (χ2n) is 6.43. The third-order valence-electron chi connectivity index (χ3n) is 4.83. The maximum atomic E-state index is 13.1. The molecule has 1 spiro atoms. The van der Waals surface area contributed by atoms with Crippen LogP contribution >= 0.6 is 0 Å². The Morgan fingerprint density at radius 2 is 2.14 bits per heavy atom. The number of likely N-dealkylation sites (tertiary alicyclic amines) is 1. The molecule has 2 aliphatic rings. The second-order valence-corrected chi connectivity index (χ2v) is 6.43. The van der Waals surface area contributed by atoms with Gasteiger partial charge in [0, 0.05) is 32.8 Å². The van der Waals surface area contributed by atoms with Gasteiger partial charge in [0.05, 0.1) is 0 Å². The number of carbonyl (C=O) groups is 1. The molecule has 2 aliphatic heterocycles. The first kappa shape index (κ1) is 15.3. The highest BCUT2D eigenvalue weighted by Crippen LogP contribution is 2.39. The van der Waals surface area contributed by atoms with Gasteiger partial charge in [0.15, 0.2) is 0 Å². The van der Waals surface area contributed by atoms with E-state index < -0.39 is 0 Å². The molecule has 2 saturated heterocycles. The van der Waals surface area contributed by atoms with E-state index in [9.17, 15) is 9.18 Å². The third kappa shape index (κ3) is 3.58.